The molecule has 1 N–H and O–H groups in total. The van der Waals surface area contributed by atoms with Gasteiger partial charge in [-0.25, -0.2) is 0 Å². The van der Waals surface area contributed by atoms with E-state index in [1.54, 1.807) is 0 Å². The van der Waals surface area contributed by atoms with E-state index in [4.69, 9.17) is 0 Å². The first-order valence-corrected chi connectivity index (χ1v) is 5.54. The lowest BCUT2D eigenvalue weighted by atomic mass is 9.74. The molecule has 0 aromatic carbocycles. The molecule has 0 heterocycles. The molecule has 70 valence electrons. The van der Waals surface area contributed by atoms with Crippen LogP contribution in [0.5, 0.6) is 0 Å². The third kappa shape index (κ3) is 1.82. The number of hydrogen-bond donors (Lipinski definition) is 1. The van der Waals surface area contributed by atoms with Gasteiger partial charge in [-0.3, -0.25) is 0 Å². The number of aliphatic hydroxyl groups excluding tert-OH is 1. The van der Waals surface area contributed by atoms with Gasteiger partial charge < -0.3 is 5.11 Å². The zero-order valence-electron chi connectivity index (χ0n) is 7.84. The second kappa shape index (κ2) is 3.78. The van der Waals surface area contributed by atoms with E-state index in [2.05, 4.69) is 0 Å². The standard InChI is InChI=1S/C11H20O/c12-11-7-2-1-6-10(11)8-9-4-3-5-9/h9-12H,1-8H2. The minimum Gasteiger partial charge on any atom is -0.393 e. The lowest BCUT2D eigenvalue weighted by molar-refractivity contribution is 0.0473. The van der Waals surface area contributed by atoms with Crippen LogP contribution in [0, 0.1) is 11.8 Å². The summed E-state index contributed by atoms with van der Waals surface area (Å²) in [7, 11) is 0. The van der Waals surface area contributed by atoms with Crippen LogP contribution in [0.2, 0.25) is 0 Å². The zero-order chi connectivity index (χ0) is 8.39. The summed E-state index contributed by atoms with van der Waals surface area (Å²) in [5.74, 6) is 1.63. The second-order valence-electron chi connectivity index (χ2n) is 4.64. The Kier molecular flexibility index (Phi) is 2.69. The Morgan fingerprint density at radius 2 is 1.67 bits per heavy atom. The molecule has 1 nitrogen and oxygen atoms in total. The summed E-state index contributed by atoms with van der Waals surface area (Å²) in [6, 6.07) is 0. The topological polar surface area (TPSA) is 20.2 Å². The largest absolute Gasteiger partial charge is 0.393 e. The molecule has 12 heavy (non-hydrogen) atoms. The zero-order valence-corrected chi connectivity index (χ0v) is 7.84. The molecular weight excluding hydrogens is 148 g/mol. The highest BCUT2D eigenvalue weighted by molar-refractivity contribution is 4.80. The van der Waals surface area contributed by atoms with Crippen LogP contribution in [0.4, 0.5) is 0 Å². The van der Waals surface area contributed by atoms with Crippen LogP contribution in [0.1, 0.15) is 51.4 Å². The van der Waals surface area contributed by atoms with Crippen molar-refractivity contribution in [3.8, 4) is 0 Å². The SMILES string of the molecule is OC1CCCCC1CC1CCC1. The number of hydrogen-bond acceptors (Lipinski definition) is 1. The fourth-order valence-corrected chi connectivity index (χ4v) is 2.62. The van der Waals surface area contributed by atoms with Crippen molar-refractivity contribution in [2.24, 2.45) is 11.8 Å². The Morgan fingerprint density at radius 3 is 2.25 bits per heavy atom. The van der Waals surface area contributed by atoms with Crippen LogP contribution >= 0.6 is 0 Å². The van der Waals surface area contributed by atoms with Crippen molar-refractivity contribution in [3.63, 3.8) is 0 Å². The second-order valence-corrected chi connectivity index (χ2v) is 4.64. The van der Waals surface area contributed by atoms with E-state index in [0.717, 1.165) is 12.3 Å². The van der Waals surface area contributed by atoms with Crippen LogP contribution in [-0.2, 0) is 0 Å². The third-order valence-corrected chi connectivity index (χ3v) is 3.73. The molecule has 2 fully saturated rings. The fourth-order valence-electron chi connectivity index (χ4n) is 2.62. The van der Waals surface area contributed by atoms with Crippen molar-refractivity contribution in [1.29, 1.82) is 0 Å². The maximum atomic E-state index is 9.74. The average molecular weight is 168 g/mol. The maximum absolute atomic E-state index is 9.74. The molecule has 0 spiro atoms. The van der Waals surface area contributed by atoms with E-state index in [9.17, 15) is 5.11 Å². The van der Waals surface area contributed by atoms with Crippen molar-refractivity contribution in [1.82, 2.24) is 0 Å². The van der Waals surface area contributed by atoms with Gasteiger partial charge in [-0.2, -0.15) is 0 Å². The van der Waals surface area contributed by atoms with Crippen LogP contribution in [0.25, 0.3) is 0 Å². The number of aliphatic hydroxyl groups is 1. The fraction of sp³-hybridized carbons (Fsp3) is 1.00. The van der Waals surface area contributed by atoms with E-state index < -0.39 is 0 Å². The van der Waals surface area contributed by atoms with E-state index in [1.807, 2.05) is 0 Å². The van der Waals surface area contributed by atoms with Gasteiger partial charge in [0.25, 0.3) is 0 Å². The first-order chi connectivity index (χ1) is 5.86. The Balaban J connectivity index is 1.76. The van der Waals surface area contributed by atoms with E-state index in [0.29, 0.717) is 5.92 Å². The number of rotatable bonds is 2. The minimum absolute atomic E-state index is 0.0411. The molecule has 2 rings (SSSR count). The molecule has 2 aliphatic carbocycles. The molecule has 0 aromatic rings. The molecule has 1 heteroatoms. The van der Waals surface area contributed by atoms with Gasteiger partial charge >= 0.3 is 0 Å². The van der Waals surface area contributed by atoms with Crippen LogP contribution in [-0.4, -0.2) is 11.2 Å². The van der Waals surface area contributed by atoms with Crippen LogP contribution in [0.3, 0.4) is 0 Å². The monoisotopic (exact) mass is 168 g/mol. The van der Waals surface area contributed by atoms with Crippen molar-refractivity contribution in [2.75, 3.05) is 0 Å². The lowest BCUT2D eigenvalue weighted by Crippen LogP contribution is -2.28. The Morgan fingerprint density at radius 1 is 0.917 bits per heavy atom. The molecule has 0 bridgehead atoms. The maximum Gasteiger partial charge on any atom is 0.0568 e. The molecule has 2 atom stereocenters. The van der Waals surface area contributed by atoms with Crippen molar-refractivity contribution < 1.29 is 5.11 Å². The smallest absolute Gasteiger partial charge is 0.0568 e. The predicted molar refractivity (Wildman–Crippen MR) is 49.9 cm³/mol. The Hall–Kier alpha value is -0.0400. The molecular formula is C11H20O. The summed E-state index contributed by atoms with van der Waals surface area (Å²) in [6.07, 6.45) is 10.6. The molecule has 0 saturated heterocycles. The van der Waals surface area contributed by atoms with Gasteiger partial charge in [0.2, 0.25) is 0 Å². The van der Waals surface area contributed by atoms with E-state index in [-0.39, 0.29) is 6.10 Å². The lowest BCUT2D eigenvalue weighted by Gasteiger charge is -2.34. The third-order valence-electron chi connectivity index (χ3n) is 3.73. The molecule has 0 aliphatic heterocycles. The highest BCUT2D eigenvalue weighted by Gasteiger charge is 2.28. The van der Waals surface area contributed by atoms with Crippen LogP contribution in [0.15, 0.2) is 0 Å². The predicted octanol–water partition coefficient (Wildman–Crippen LogP) is 2.73. The van der Waals surface area contributed by atoms with Crippen LogP contribution < -0.4 is 0 Å². The first kappa shape index (κ1) is 8.55. The van der Waals surface area contributed by atoms with Gasteiger partial charge in [-0.1, -0.05) is 32.1 Å². The van der Waals surface area contributed by atoms with Crippen molar-refractivity contribution in [3.05, 3.63) is 0 Å². The van der Waals surface area contributed by atoms with Crippen molar-refractivity contribution >= 4 is 0 Å². The quantitative estimate of drug-likeness (QED) is 0.672. The Bertz CT molecular complexity index is 140. The highest BCUT2D eigenvalue weighted by atomic mass is 16.3. The van der Waals surface area contributed by atoms with Crippen molar-refractivity contribution in [2.45, 2.75) is 57.5 Å². The Labute approximate surface area is 75.2 Å². The molecule has 0 amide bonds. The summed E-state index contributed by atoms with van der Waals surface area (Å²) in [6.45, 7) is 0. The van der Waals surface area contributed by atoms with Gasteiger partial charge in [0.1, 0.15) is 0 Å². The molecule has 0 aromatic heterocycles. The summed E-state index contributed by atoms with van der Waals surface area (Å²) in [5, 5.41) is 9.74. The first-order valence-electron chi connectivity index (χ1n) is 5.54. The summed E-state index contributed by atoms with van der Waals surface area (Å²) in [5.41, 5.74) is 0. The summed E-state index contributed by atoms with van der Waals surface area (Å²) in [4.78, 5) is 0. The molecule has 2 unspecified atom stereocenters. The van der Waals surface area contributed by atoms with Gasteiger partial charge in [-0.15, -0.1) is 0 Å². The van der Waals surface area contributed by atoms with Gasteiger partial charge in [-0.05, 0) is 31.1 Å². The normalized spacial score (nSPS) is 37.8. The van der Waals surface area contributed by atoms with Gasteiger partial charge in [0.05, 0.1) is 6.10 Å². The highest BCUT2D eigenvalue weighted by Crippen LogP contribution is 2.37. The van der Waals surface area contributed by atoms with E-state index >= 15 is 0 Å². The molecule has 2 aliphatic rings. The molecule has 2 saturated carbocycles. The van der Waals surface area contributed by atoms with Gasteiger partial charge in [0, 0.05) is 0 Å². The van der Waals surface area contributed by atoms with Gasteiger partial charge in [0.15, 0.2) is 0 Å². The molecule has 0 radical (unpaired) electrons. The summed E-state index contributed by atoms with van der Waals surface area (Å²) < 4.78 is 0. The average Bonchev–Trinajstić information content (AvgIpc) is 2.00. The van der Waals surface area contributed by atoms with E-state index in [1.165, 1.54) is 44.9 Å². The summed E-state index contributed by atoms with van der Waals surface area (Å²) >= 11 is 0. The minimum atomic E-state index is 0.0411.